The van der Waals surface area contributed by atoms with Gasteiger partial charge in [0, 0.05) is 45.3 Å². The average Bonchev–Trinajstić information content (AvgIpc) is 3.11. The zero-order valence-corrected chi connectivity index (χ0v) is 17.9. The molecule has 25 heavy (non-hydrogen) atoms. The number of hydrogen-bond donors (Lipinski definition) is 2. The van der Waals surface area contributed by atoms with Crippen LogP contribution >= 0.6 is 24.0 Å². The quantitative estimate of drug-likeness (QED) is 0.258. The van der Waals surface area contributed by atoms with Gasteiger partial charge in [0.2, 0.25) is 0 Å². The van der Waals surface area contributed by atoms with Gasteiger partial charge in [-0.3, -0.25) is 9.89 Å². The van der Waals surface area contributed by atoms with Gasteiger partial charge in [-0.05, 0) is 26.7 Å². The van der Waals surface area contributed by atoms with E-state index in [4.69, 9.17) is 4.74 Å². The first-order valence-corrected chi connectivity index (χ1v) is 8.71. The Hall–Kier alpha value is -0.940. The summed E-state index contributed by atoms with van der Waals surface area (Å²) in [5.41, 5.74) is 0.0792. The second kappa shape index (κ2) is 11.6. The predicted molar refractivity (Wildman–Crippen MR) is 111 cm³/mol. The molecule has 1 aromatic rings. The summed E-state index contributed by atoms with van der Waals surface area (Å²) < 4.78 is 7.43. The molecule has 0 bridgehead atoms. The van der Waals surface area contributed by atoms with Gasteiger partial charge in [-0.25, -0.2) is 0 Å². The summed E-state index contributed by atoms with van der Waals surface area (Å²) >= 11 is 0. The van der Waals surface area contributed by atoms with Gasteiger partial charge in [0.25, 0.3) is 0 Å². The van der Waals surface area contributed by atoms with Gasteiger partial charge >= 0.3 is 0 Å². The molecule has 2 rings (SSSR count). The van der Waals surface area contributed by atoms with E-state index >= 15 is 0 Å². The molecule has 0 aliphatic carbocycles. The number of rotatable bonds is 8. The lowest BCUT2D eigenvalue weighted by molar-refractivity contribution is -0.00833. The van der Waals surface area contributed by atoms with Crippen LogP contribution in [0.4, 0.5) is 0 Å². The van der Waals surface area contributed by atoms with Gasteiger partial charge < -0.3 is 19.9 Å². The number of hydrogen-bond acceptors (Lipinski definition) is 5. The maximum Gasteiger partial charge on any atom is 0.191 e. The number of aliphatic imine (C=N–C) groups is 1. The third-order valence-electron chi connectivity index (χ3n) is 4.38. The monoisotopic (exact) mass is 465 g/mol. The van der Waals surface area contributed by atoms with Crippen molar-refractivity contribution in [3.63, 3.8) is 0 Å². The summed E-state index contributed by atoms with van der Waals surface area (Å²) in [7, 11) is 1.81. The van der Waals surface area contributed by atoms with Crippen LogP contribution in [-0.4, -0.2) is 77.6 Å². The average molecular weight is 465 g/mol. The maximum absolute atomic E-state index is 5.44. The maximum atomic E-state index is 5.44. The van der Waals surface area contributed by atoms with Crippen molar-refractivity contribution >= 4 is 29.9 Å². The topological polar surface area (TPSA) is 79.6 Å². The first-order valence-electron chi connectivity index (χ1n) is 8.71. The van der Waals surface area contributed by atoms with Crippen molar-refractivity contribution in [3.05, 3.63) is 12.7 Å². The van der Waals surface area contributed by atoms with Gasteiger partial charge in [0.05, 0.1) is 13.2 Å². The molecule has 0 atom stereocenters. The number of guanidine groups is 1. The Bertz CT molecular complexity index is 487. The standard InChI is InChI=1S/C16H31N7O.HI/c1-16(2,23-8-10-24-11-9-23)12-19-15(17-3)18-6-4-5-7-22-13-20-21-14-22;/h13-14H,4-12H2,1-3H3,(H2,17,18,19);1H. The number of unbranched alkanes of at least 4 members (excludes halogenated alkanes) is 1. The molecule has 0 amide bonds. The number of nitrogens with one attached hydrogen (secondary N) is 2. The Balaban J connectivity index is 0.00000312. The summed E-state index contributed by atoms with van der Waals surface area (Å²) in [5.74, 6) is 0.862. The van der Waals surface area contributed by atoms with Crippen LogP contribution in [0.25, 0.3) is 0 Å². The molecule has 9 heteroatoms. The fraction of sp³-hybridized carbons (Fsp3) is 0.812. The molecular weight excluding hydrogens is 433 g/mol. The molecule has 1 fully saturated rings. The highest BCUT2D eigenvalue weighted by Gasteiger charge is 2.28. The van der Waals surface area contributed by atoms with Crippen molar-refractivity contribution < 1.29 is 4.74 Å². The number of aryl methyl sites for hydroxylation is 1. The van der Waals surface area contributed by atoms with E-state index in [0.29, 0.717) is 0 Å². The van der Waals surface area contributed by atoms with E-state index in [1.165, 1.54) is 0 Å². The minimum Gasteiger partial charge on any atom is -0.379 e. The Labute approximate surface area is 167 Å². The van der Waals surface area contributed by atoms with E-state index in [-0.39, 0.29) is 29.5 Å². The molecule has 0 spiro atoms. The summed E-state index contributed by atoms with van der Waals surface area (Å²) in [6.07, 6.45) is 5.66. The first-order chi connectivity index (χ1) is 11.6. The molecule has 1 aliphatic rings. The summed E-state index contributed by atoms with van der Waals surface area (Å²) in [6.45, 7) is 10.9. The molecule has 144 valence electrons. The highest BCUT2D eigenvalue weighted by molar-refractivity contribution is 14.0. The Kier molecular flexibility index (Phi) is 10.3. The van der Waals surface area contributed by atoms with Crippen LogP contribution in [0.3, 0.4) is 0 Å². The predicted octanol–water partition coefficient (Wildman–Crippen LogP) is 0.952. The second-order valence-electron chi connectivity index (χ2n) is 6.67. The molecule has 8 nitrogen and oxygen atoms in total. The third kappa shape index (κ3) is 7.87. The number of aromatic nitrogens is 3. The minimum absolute atomic E-state index is 0. The van der Waals surface area contributed by atoms with Crippen LogP contribution < -0.4 is 10.6 Å². The molecule has 1 saturated heterocycles. The Morgan fingerprint density at radius 1 is 1.16 bits per heavy atom. The highest BCUT2D eigenvalue weighted by Crippen LogP contribution is 2.14. The van der Waals surface area contributed by atoms with Crippen LogP contribution in [0.5, 0.6) is 0 Å². The smallest absolute Gasteiger partial charge is 0.191 e. The fourth-order valence-corrected chi connectivity index (χ4v) is 2.76. The number of morpholine rings is 1. The van der Waals surface area contributed by atoms with E-state index in [1.807, 2.05) is 11.6 Å². The molecule has 0 aromatic carbocycles. The highest BCUT2D eigenvalue weighted by atomic mass is 127. The lowest BCUT2D eigenvalue weighted by Gasteiger charge is -2.41. The zero-order chi connectivity index (χ0) is 17.3. The van der Waals surface area contributed by atoms with Crippen molar-refractivity contribution in [2.24, 2.45) is 4.99 Å². The van der Waals surface area contributed by atoms with Gasteiger partial charge in [0.1, 0.15) is 12.7 Å². The van der Waals surface area contributed by atoms with E-state index in [1.54, 1.807) is 12.7 Å². The summed E-state index contributed by atoms with van der Waals surface area (Å²) in [5, 5.41) is 14.4. The van der Waals surface area contributed by atoms with E-state index < -0.39 is 0 Å². The van der Waals surface area contributed by atoms with Crippen molar-refractivity contribution in [2.75, 3.05) is 46.4 Å². The van der Waals surface area contributed by atoms with E-state index in [2.05, 4.69) is 44.6 Å². The van der Waals surface area contributed by atoms with Gasteiger partial charge in [0.15, 0.2) is 5.96 Å². The largest absolute Gasteiger partial charge is 0.379 e. The molecule has 1 aromatic heterocycles. The van der Waals surface area contributed by atoms with Crippen molar-refractivity contribution in [2.45, 2.75) is 38.8 Å². The number of halogens is 1. The normalized spacial score (nSPS) is 16.4. The van der Waals surface area contributed by atoms with Gasteiger partial charge in [-0.1, -0.05) is 0 Å². The molecule has 1 aliphatic heterocycles. The number of ether oxygens (including phenoxy) is 1. The lowest BCUT2D eigenvalue weighted by atomic mass is 10.0. The Morgan fingerprint density at radius 3 is 2.48 bits per heavy atom. The van der Waals surface area contributed by atoms with Crippen LogP contribution in [0, 0.1) is 0 Å². The molecule has 0 unspecified atom stereocenters. The molecule has 2 N–H and O–H groups in total. The molecule has 2 heterocycles. The summed E-state index contributed by atoms with van der Waals surface area (Å²) in [4.78, 5) is 6.78. The van der Waals surface area contributed by atoms with E-state index in [9.17, 15) is 0 Å². The molecule has 0 radical (unpaired) electrons. The molecule has 0 saturated carbocycles. The Morgan fingerprint density at radius 2 is 1.84 bits per heavy atom. The SMILES string of the molecule is CN=C(NCCCCn1cnnc1)NCC(C)(C)N1CCOCC1.I. The second-order valence-corrected chi connectivity index (χ2v) is 6.67. The molecular formula is C16H32IN7O. The summed E-state index contributed by atoms with van der Waals surface area (Å²) in [6, 6.07) is 0. The van der Waals surface area contributed by atoms with Gasteiger partial charge in [-0.2, -0.15) is 0 Å². The van der Waals surface area contributed by atoms with Crippen molar-refractivity contribution in [1.82, 2.24) is 30.3 Å². The lowest BCUT2D eigenvalue weighted by Crippen LogP contribution is -2.56. The van der Waals surface area contributed by atoms with E-state index in [0.717, 1.165) is 64.7 Å². The van der Waals surface area contributed by atoms with Crippen LogP contribution in [0.15, 0.2) is 17.6 Å². The van der Waals surface area contributed by atoms with Crippen LogP contribution in [0.1, 0.15) is 26.7 Å². The number of nitrogens with zero attached hydrogens (tertiary/aromatic N) is 5. The third-order valence-corrected chi connectivity index (χ3v) is 4.38. The van der Waals surface area contributed by atoms with Crippen LogP contribution in [0.2, 0.25) is 0 Å². The van der Waals surface area contributed by atoms with Crippen molar-refractivity contribution in [1.29, 1.82) is 0 Å². The zero-order valence-electron chi connectivity index (χ0n) is 15.6. The van der Waals surface area contributed by atoms with Crippen LogP contribution in [-0.2, 0) is 11.3 Å². The first kappa shape index (κ1) is 22.1. The van der Waals surface area contributed by atoms with Crippen molar-refractivity contribution in [3.8, 4) is 0 Å². The fourth-order valence-electron chi connectivity index (χ4n) is 2.76. The van der Waals surface area contributed by atoms with Gasteiger partial charge in [-0.15, -0.1) is 34.2 Å². The minimum atomic E-state index is 0.